The van der Waals surface area contributed by atoms with E-state index in [1.54, 1.807) is 6.07 Å². The van der Waals surface area contributed by atoms with Crippen LogP contribution in [0.1, 0.15) is 12.8 Å². The highest BCUT2D eigenvalue weighted by atomic mass is 16.5. The lowest BCUT2D eigenvalue weighted by atomic mass is 10.2. The minimum Gasteiger partial charge on any atom is -0.382 e. The molecule has 0 amide bonds. The van der Waals surface area contributed by atoms with Gasteiger partial charge >= 0.3 is 0 Å². The highest BCUT2D eigenvalue weighted by Gasteiger charge is 2.15. The molecule has 1 aromatic rings. The Bertz CT molecular complexity index is 253. The zero-order valence-electron chi connectivity index (χ0n) is 6.94. The van der Waals surface area contributed by atoms with Crippen LogP contribution >= 0.6 is 0 Å². The van der Waals surface area contributed by atoms with Gasteiger partial charge in [0, 0.05) is 12.8 Å². The van der Waals surface area contributed by atoms with E-state index in [0.717, 1.165) is 19.6 Å². The number of anilines is 1. The monoisotopic (exact) mass is 167 g/mol. The van der Waals surface area contributed by atoms with Gasteiger partial charge in [0.1, 0.15) is 5.82 Å². The molecule has 1 saturated heterocycles. The van der Waals surface area contributed by atoms with Crippen LogP contribution < -0.4 is 5.73 Å². The summed E-state index contributed by atoms with van der Waals surface area (Å²) in [7, 11) is 0. The van der Waals surface area contributed by atoms with Crippen molar-refractivity contribution in [2.24, 2.45) is 0 Å². The standard InChI is InChI=1S/C8H13N3O/c9-8-3-4-11(10-8)6-7-2-1-5-12-7/h3-4,7H,1-2,5-6H2,(H2,9,10)/t7-/m1/s1. The molecule has 2 rings (SSSR count). The molecule has 0 spiro atoms. The summed E-state index contributed by atoms with van der Waals surface area (Å²) in [5.41, 5.74) is 5.48. The molecule has 1 fully saturated rings. The second kappa shape index (κ2) is 3.15. The summed E-state index contributed by atoms with van der Waals surface area (Å²) in [6, 6.07) is 1.80. The van der Waals surface area contributed by atoms with Crippen LogP contribution in [0.5, 0.6) is 0 Å². The molecule has 0 bridgehead atoms. The van der Waals surface area contributed by atoms with Crippen LogP contribution in [0.25, 0.3) is 0 Å². The maximum atomic E-state index is 5.48. The average Bonchev–Trinajstić information content (AvgIpc) is 2.63. The predicted octanol–water partition coefficient (Wildman–Crippen LogP) is 0.644. The van der Waals surface area contributed by atoms with Crippen LogP contribution in [0.15, 0.2) is 12.3 Å². The molecule has 12 heavy (non-hydrogen) atoms. The topological polar surface area (TPSA) is 53.1 Å². The molecule has 66 valence electrons. The van der Waals surface area contributed by atoms with Gasteiger partial charge in [-0.25, -0.2) is 0 Å². The number of nitrogens with two attached hydrogens (primary N) is 1. The van der Waals surface area contributed by atoms with Crippen molar-refractivity contribution in [2.75, 3.05) is 12.3 Å². The highest BCUT2D eigenvalue weighted by molar-refractivity contribution is 5.23. The maximum Gasteiger partial charge on any atom is 0.145 e. The molecule has 0 saturated carbocycles. The van der Waals surface area contributed by atoms with Crippen molar-refractivity contribution in [3.05, 3.63) is 12.3 Å². The van der Waals surface area contributed by atoms with Gasteiger partial charge in [0.05, 0.1) is 12.6 Å². The fourth-order valence-electron chi connectivity index (χ4n) is 1.48. The molecule has 1 aliphatic rings. The Morgan fingerprint density at radius 2 is 2.67 bits per heavy atom. The Morgan fingerprint density at radius 1 is 1.75 bits per heavy atom. The summed E-state index contributed by atoms with van der Waals surface area (Å²) < 4.78 is 7.30. The highest BCUT2D eigenvalue weighted by Crippen LogP contribution is 2.13. The van der Waals surface area contributed by atoms with E-state index in [1.807, 2.05) is 10.9 Å². The second-order valence-corrected chi connectivity index (χ2v) is 3.10. The fraction of sp³-hybridized carbons (Fsp3) is 0.625. The van der Waals surface area contributed by atoms with Crippen molar-refractivity contribution < 1.29 is 4.74 Å². The van der Waals surface area contributed by atoms with Crippen molar-refractivity contribution in [1.82, 2.24) is 9.78 Å². The Balaban J connectivity index is 1.94. The van der Waals surface area contributed by atoms with E-state index in [2.05, 4.69) is 5.10 Å². The molecule has 1 aromatic heterocycles. The second-order valence-electron chi connectivity index (χ2n) is 3.10. The third-order valence-corrected chi connectivity index (χ3v) is 2.08. The quantitative estimate of drug-likeness (QED) is 0.703. The van der Waals surface area contributed by atoms with Crippen LogP contribution in [-0.2, 0) is 11.3 Å². The Morgan fingerprint density at radius 3 is 3.25 bits per heavy atom. The zero-order chi connectivity index (χ0) is 8.39. The van der Waals surface area contributed by atoms with Gasteiger partial charge in [-0.05, 0) is 18.9 Å². The van der Waals surface area contributed by atoms with E-state index in [-0.39, 0.29) is 0 Å². The van der Waals surface area contributed by atoms with Gasteiger partial charge in [-0.1, -0.05) is 0 Å². The number of rotatable bonds is 2. The molecular formula is C8H13N3O. The summed E-state index contributed by atoms with van der Waals surface area (Å²) in [4.78, 5) is 0. The lowest BCUT2D eigenvalue weighted by Gasteiger charge is -2.08. The molecule has 4 heteroatoms. The van der Waals surface area contributed by atoms with E-state index >= 15 is 0 Å². The molecule has 0 unspecified atom stereocenters. The molecule has 1 atom stereocenters. The van der Waals surface area contributed by atoms with Crippen LogP contribution in [-0.4, -0.2) is 22.5 Å². The fourth-order valence-corrected chi connectivity index (χ4v) is 1.48. The van der Waals surface area contributed by atoms with E-state index in [9.17, 15) is 0 Å². The van der Waals surface area contributed by atoms with Crippen LogP contribution in [0, 0.1) is 0 Å². The van der Waals surface area contributed by atoms with Gasteiger partial charge in [-0.15, -0.1) is 0 Å². The van der Waals surface area contributed by atoms with Gasteiger partial charge in [0.15, 0.2) is 0 Å². The van der Waals surface area contributed by atoms with E-state index in [4.69, 9.17) is 10.5 Å². The zero-order valence-corrected chi connectivity index (χ0v) is 6.94. The molecular weight excluding hydrogens is 154 g/mol. The summed E-state index contributed by atoms with van der Waals surface area (Å²) >= 11 is 0. The minimum atomic E-state index is 0.337. The first-order valence-electron chi connectivity index (χ1n) is 4.25. The van der Waals surface area contributed by atoms with Gasteiger partial charge in [0.2, 0.25) is 0 Å². The molecule has 0 aromatic carbocycles. The first-order chi connectivity index (χ1) is 5.84. The van der Waals surface area contributed by atoms with Crippen molar-refractivity contribution in [3.63, 3.8) is 0 Å². The normalized spacial score (nSPS) is 23.2. The predicted molar refractivity (Wildman–Crippen MR) is 45.6 cm³/mol. The van der Waals surface area contributed by atoms with Crippen molar-refractivity contribution >= 4 is 5.82 Å². The number of ether oxygens (including phenoxy) is 1. The lowest BCUT2D eigenvalue weighted by Crippen LogP contribution is -2.15. The van der Waals surface area contributed by atoms with Gasteiger partial charge in [0.25, 0.3) is 0 Å². The molecule has 4 nitrogen and oxygen atoms in total. The third-order valence-electron chi connectivity index (χ3n) is 2.08. The molecule has 1 aliphatic heterocycles. The smallest absolute Gasteiger partial charge is 0.145 e. The Hall–Kier alpha value is -1.03. The summed E-state index contributed by atoms with van der Waals surface area (Å²) in [6.45, 7) is 1.72. The largest absolute Gasteiger partial charge is 0.382 e. The summed E-state index contributed by atoms with van der Waals surface area (Å²) in [6.07, 6.45) is 4.53. The van der Waals surface area contributed by atoms with Crippen molar-refractivity contribution in [2.45, 2.75) is 25.5 Å². The van der Waals surface area contributed by atoms with Crippen LogP contribution in [0.4, 0.5) is 5.82 Å². The molecule has 2 N–H and O–H groups in total. The van der Waals surface area contributed by atoms with E-state index < -0.39 is 0 Å². The van der Waals surface area contributed by atoms with Crippen LogP contribution in [0.3, 0.4) is 0 Å². The number of aromatic nitrogens is 2. The number of hydrogen-bond donors (Lipinski definition) is 1. The SMILES string of the molecule is Nc1ccn(C[C@H]2CCCO2)n1. The van der Waals surface area contributed by atoms with Gasteiger partial charge in [-0.2, -0.15) is 5.10 Å². The Labute approximate surface area is 71.3 Å². The maximum absolute atomic E-state index is 5.48. The molecule has 0 radical (unpaired) electrons. The molecule has 0 aliphatic carbocycles. The number of nitrogens with zero attached hydrogens (tertiary/aromatic N) is 2. The van der Waals surface area contributed by atoms with Gasteiger partial charge in [-0.3, -0.25) is 4.68 Å². The number of nitrogen functional groups attached to an aromatic ring is 1. The minimum absolute atomic E-state index is 0.337. The summed E-state index contributed by atoms with van der Waals surface area (Å²) in [5.74, 6) is 0.577. The van der Waals surface area contributed by atoms with Crippen molar-refractivity contribution in [3.8, 4) is 0 Å². The first kappa shape index (κ1) is 7.61. The Kier molecular flexibility index (Phi) is 1.99. The average molecular weight is 167 g/mol. The first-order valence-corrected chi connectivity index (χ1v) is 4.25. The third kappa shape index (κ3) is 1.58. The summed E-state index contributed by atoms with van der Waals surface area (Å²) in [5, 5.41) is 4.09. The lowest BCUT2D eigenvalue weighted by molar-refractivity contribution is 0.0941. The number of hydrogen-bond acceptors (Lipinski definition) is 3. The van der Waals surface area contributed by atoms with E-state index in [0.29, 0.717) is 11.9 Å². The van der Waals surface area contributed by atoms with E-state index in [1.165, 1.54) is 6.42 Å². The van der Waals surface area contributed by atoms with Crippen molar-refractivity contribution in [1.29, 1.82) is 0 Å². The van der Waals surface area contributed by atoms with Crippen LogP contribution in [0.2, 0.25) is 0 Å². The van der Waals surface area contributed by atoms with Gasteiger partial charge < -0.3 is 10.5 Å². The molecule has 2 heterocycles.